The van der Waals surface area contributed by atoms with Gasteiger partial charge < -0.3 is 14.4 Å². The fourth-order valence-corrected chi connectivity index (χ4v) is 3.24. The van der Waals surface area contributed by atoms with E-state index in [9.17, 15) is 0 Å². The van der Waals surface area contributed by atoms with Crippen molar-refractivity contribution in [1.29, 1.82) is 5.26 Å². The normalized spacial score (nSPS) is 22.4. The van der Waals surface area contributed by atoms with Crippen LogP contribution in [0.2, 0.25) is 0 Å². The molecule has 2 aliphatic rings. The van der Waals surface area contributed by atoms with Gasteiger partial charge in [-0.1, -0.05) is 11.8 Å². The second kappa shape index (κ2) is 7.11. The smallest absolute Gasteiger partial charge is 0.228 e. The molecule has 2 saturated heterocycles. The largest absolute Gasteiger partial charge is 0.378 e. The minimum Gasteiger partial charge on any atom is -0.378 e. The van der Waals surface area contributed by atoms with Gasteiger partial charge in [0.1, 0.15) is 0 Å². The summed E-state index contributed by atoms with van der Waals surface area (Å²) in [5, 5.41) is 18.2. The maximum atomic E-state index is 8.78. The first-order valence-corrected chi connectivity index (χ1v) is 8.24. The Balaban J connectivity index is 1.79. The molecule has 2 fully saturated rings. The summed E-state index contributed by atoms with van der Waals surface area (Å²) in [6, 6.07) is 2.14. The standard InChI is InChI=1S/C13H19N5O2S/c14-3-9-21-13-16-15-12(17-4-7-19-8-5-17)18(13)10-11-2-1-6-20-11/h11H,1-2,4-10H2. The lowest BCUT2D eigenvalue weighted by atomic mass is 10.2. The molecule has 0 amide bonds. The van der Waals surface area contributed by atoms with Crippen LogP contribution in [0.25, 0.3) is 0 Å². The van der Waals surface area contributed by atoms with Crippen molar-refractivity contribution in [3.8, 4) is 6.07 Å². The number of nitrogens with zero attached hydrogens (tertiary/aromatic N) is 5. The van der Waals surface area contributed by atoms with Crippen molar-refractivity contribution in [2.45, 2.75) is 30.6 Å². The molecule has 0 bridgehead atoms. The van der Waals surface area contributed by atoms with E-state index in [0.717, 1.165) is 50.2 Å². The summed E-state index contributed by atoms with van der Waals surface area (Å²) in [6.07, 6.45) is 2.41. The van der Waals surface area contributed by atoms with Crippen LogP contribution in [-0.4, -0.2) is 59.5 Å². The third-order valence-electron chi connectivity index (χ3n) is 3.67. The summed E-state index contributed by atoms with van der Waals surface area (Å²) < 4.78 is 13.2. The molecule has 0 spiro atoms. The molecule has 0 radical (unpaired) electrons. The Bertz CT molecular complexity index is 503. The van der Waals surface area contributed by atoms with Crippen LogP contribution in [0.1, 0.15) is 12.8 Å². The number of hydrogen-bond donors (Lipinski definition) is 0. The van der Waals surface area contributed by atoms with Crippen LogP contribution in [0.4, 0.5) is 5.95 Å². The highest BCUT2D eigenvalue weighted by atomic mass is 32.2. The zero-order valence-electron chi connectivity index (χ0n) is 11.9. The lowest BCUT2D eigenvalue weighted by Gasteiger charge is -2.28. The zero-order valence-corrected chi connectivity index (χ0v) is 12.7. The predicted molar refractivity (Wildman–Crippen MR) is 78.4 cm³/mol. The highest BCUT2D eigenvalue weighted by molar-refractivity contribution is 7.99. The van der Waals surface area contributed by atoms with Crippen molar-refractivity contribution in [1.82, 2.24) is 14.8 Å². The summed E-state index contributed by atoms with van der Waals surface area (Å²) in [4.78, 5) is 2.20. The van der Waals surface area contributed by atoms with Gasteiger partial charge in [0, 0.05) is 19.7 Å². The van der Waals surface area contributed by atoms with Crippen LogP contribution in [0.3, 0.4) is 0 Å². The third-order valence-corrected chi connectivity index (χ3v) is 4.50. The molecule has 2 aliphatic heterocycles. The molecule has 8 heteroatoms. The van der Waals surface area contributed by atoms with Crippen molar-refractivity contribution in [2.24, 2.45) is 0 Å². The summed E-state index contributed by atoms with van der Waals surface area (Å²) in [7, 11) is 0. The van der Waals surface area contributed by atoms with Gasteiger partial charge in [-0.2, -0.15) is 5.26 Å². The van der Waals surface area contributed by atoms with Gasteiger partial charge in [-0.25, -0.2) is 0 Å². The van der Waals surface area contributed by atoms with Gasteiger partial charge >= 0.3 is 0 Å². The number of hydrogen-bond acceptors (Lipinski definition) is 7. The van der Waals surface area contributed by atoms with Crippen LogP contribution in [-0.2, 0) is 16.0 Å². The first kappa shape index (κ1) is 14.6. The number of anilines is 1. The molecule has 1 aromatic rings. The van der Waals surface area contributed by atoms with E-state index < -0.39 is 0 Å². The number of thioether (sulfide) groups is 1. The monoisotopic (exact) mass is 309 g/mol. The average molecular weight is 309 g/mol. The highest BCUT2D eigenvalue weighted by Crippen LogP contribution is 2.25. The van der Waals surface area contributed by atoms with Crippen LogP contribution in [0.15, 0.2) is 5.16 Å². The number of morpholine rings is 1. The molecule has 0 N–H and O–H groups in total. The summed E-state index contributed by atoms with van der Waals surface area (Å²) in [5.41, 5.74) is 0. The maximum absolute atomic E-state index is 8.78. The van der Waals surface area contributed by atoms with E-state index in [1.165, 1.54) is 11.8 Å². The van der Waals surface area contributed by atoms with E-state index in [2.05, 4.69) is 25.7 Å². The van der Waals surface area contributed by atoms with Gasteiger partial charge in [-0.3, -0.25) is 4.57 Å². The van der Waals surface area contributed by atoms with Crippen molar-refractivity contribution in [3.63, 3.8) is 0 Å². The number of rotatable bonds is 5. The molecule has 0 saturated carbocycles. The number of aromatic nitrogens is 3. The predicted octanol–water partition coefficient (Wildman–Crippen LogP) is 0.909. The second-order valence-electron chi connectivity index (χ2n) is 5.07. The van der Waals surface area contributed by atoms with Crippen molar-refractivity contribution in [2.75, 3.05) is 43.6 Å². The van der Waals surface area contributed by atoms with E-state index >= 15 is 0 Å². The molecule has 3 heterocycles. The molecule has 1 atom stereocenters. The maximum Gasteiger partial charge on any atom is 0.228 e. The fraction of sp³-hybridized carbons (Fsp3) is 0.769. The molecule has 1 aromatic heterocycles. The van der Waals surface area contributed by atoms with Crippen LogP contribution < -0.4 is 4.90 Å². The van der Waals surface area contributed by atoms with Crippen LogP contribution >= 0.6 is 11.8 Å². The van der Waals surface area contributed by atoms with Gasteiger partial charge in [0.2, 0.25) is 5.95 Å². The van der Waals surface area contributed by atoms with E-state index in [-0.39, 0.29) is 6.10 Å². The summed E-state index contributed by atoms with van der Waals surface area (Å²) in [6.45, 7) is 4.67. The summed E-state index contributed by atoms with van der Waals surface area (Å²) >= 11 is 1.43. The minimum atomic E-state index is 0.224. The Morgan fingerprint density at radius 3 is 2.86 bits per heavy atom. The molecule has 3 rings (SSSR count). The molecule has 114 valence electrons. The first-order valence-electron chi connectivity index (χ1n) is 7.25. The molecular formula is C13H19N5O2S. The van der Waals surface area contributed by atoms with E-state index in [0.29, 0.717) is 19.0 Å². The molecule has 0 aromatic carbocycles. The fourth-order valence-electron chi connectivity index (χ4n) is 2.63. The lowest BCUT2D eigenvalue weighted by molar-refractivity contribution is 0.0942. The number of ether oxygens (including phenoxy) is 2. The molecular weight excluding hydrogens is 290 g/mol. The lowest BCUT2D eigenvalue weighted by Crippen LogP contribution is -2.38. The van der Waals surface area contributed by atoms with Gasteiger partial charge in [0.15, 0.2) is 5.16 Å². The molecule has 1 unspecified atom stereocenters. The molecule has 21 heavy (non-hydrogen) atoms. The number of nitriles is 1. The van der Waals surface area contributed by atoms with Crippen LogP contribution in [0, 0.1) is 11.3 Å². The zero-order chi connectivity index (χ0) is 14.5. The van der Waals surface area contributed by atoms with Crippen molar-refractivity contribution >= 4 is 17.7 Å². The van der Waals surface area contributed by atoms with Crippen molar-refractivity contribution in [3.05, 3.63) is 0 Å². The van der Waals surface area contributed by atoms with Gasteiger partial charge in [0.25, 0.3) is 0 Å². The minimum absolute atomic E-state index is 0.224. The Kier molecular flexibility index (Phi) is 4.95. The SMILES string of the molecule is N#CCSc1nnc(N2CCOCC2)n1CC1CCCO1. The Hall–Kier alpha value is -1.30. The summed E-state index contributed by atoms with van der Waals surface area (Å²) in [5.74, 6) is 1.25. The highest BCUT2D eigenvalue weighted by Gasteiger charge is 2.24. The molecule has 0 aliphatic carbocycles. The van der Waals surface area contributed by atoms with Crippen molar-refractivity contribution < 1.29 is 9.47 Å². The van der Waals surface area contributed by atoms with Gasteiger partial charge in [-0.05, 0) is 12.8 Å². The van der Waals surface area contributed by atoms with Crippen LogP contribution in [0.5, 0.6) is 0 Å². The quantitative estimate of drug-likeness (QED) is 0.748. The topological polar surface area (TPSA) is 76.2 Å². The Morgan fingerprint density at radius 1 is 1.29 bits per heavy atom. The average Bonchev–Trinajstić information content (AvgIpc) is 3.17. The van der Waals surface area contributed by atoms with E-state index in [1.54, 1.807) is 0 Å². The van der Waals surface area contributed by atoms with Gasteiger partial charge in [-0.15, -0.1) is 10.2 Å². The first-order chi connectivity index (χ1) is 10.4. The Labute approximate surface area is 128 Å². The second-order valence-corrected chi connectivity index (χ2v) is 6.02. The van der Waals surface area contributed by atoms with Gasteiger partial charge in [0.05, 0.1) is 37.7 Å². The third kappa shape index (κ3) is 3.48. The molecule has 7 nitrogen and oxygen atoms in total. The van der Waals surface area contributed by atoms with E-state index in [4.69, 9.17) is 14.7 Å². The van der Waals surface area contributed by atoms with E-state index in [1.807, 2.05) is 0 Å². The Morgan fingerprint density at radius 2 is 2.14 bits per heavy atom.